The van der Waals surface area contributed by atoms with Crippen LogP contribution >= 0.6 is 7.82 Å². The summed E-state index contributed by atoms with van der Waals surface area (Å²) >= 11 is 0. The van der Waals surface area contributed by atoms with Gasteiger partial charge in [-0.25, -0.2) is 0 Å². The summed E-state index contributed by atoms with van der Waals surface area (Å²) in [6.45, 7) is 1.80. The van der Waals surface area contributed by atoms with Crippen LogP contribution in [0.3, 0.4) is 0 Å². The van der Waals surface area contributed by atoms with Crippen LogP contribution in [0.2, 0.25) is 0 Å². The van der Waals surface area contributed by atoms with Gasteiger partial charge in [-0.15, -0.1) is 0 Å². The summed E-state index contributed by atoms with van der Waals surface area (Å²) < 4.78 is 20.7. The number of rotatable bonds is 7. The predicted octanol–water partition coefficient (Wildman–Crippen LogP) is -0.425. The van der Waals surface area contributed by atoms with Crippen molar-refractivity contribution in [3.05, 3.63) is 0 Å². The minimum absolute atomic E-state index is 0.0735. The Hall–Kier alpha value is 0.0300. The van der Waals surface area contributed by atoms with E-state index in [9.17, 15) is 9.46 Å². The lowest BCUT2D eigenvalue weighted by atomic mass is 10.5. The molecule has 2 unspecified atom stereocenters. The van der Waals surface area contributed by atoms with E-state index in [0.29, 0.717) is 11.0 Å². The number of nitrogens with zero attached hydrogens (tertiary/aromatic N) is 1. The highest BCUT2D eigenvalue weighted by atomic mass is 31.2. The molecule has 2 atom stereocenters. The molecule has 0 heterocycles. The molecule has 0 amide bonds. The molecule has 0 saturated heterocycles. The zero-order valence-corrected chi connectivity index (χ0v) is 10.6. The molecule has 6 nitrogen and oxygen atoms in total. The quantitative estimate of drug-likeness (QED) is 0.483. The fourth-order valence-corrected chi connectivity index (χ4v) is 1.44. The van der Waals surface area contributed by atoms with Gasteiger partial charge in [-0.3, -0.25) is 4.57 Å². The van der Waals surface area contributed by atoms with E-state index in [1.807, 2.05) is 21.1 Å². The molecule has 0 rings (SSSR count). The van der Waals surface area contributed by atoms with Crippen LogP contribution in [0.25, 0.3) is 0 Å². The van der Waals surface area contributed by atoms with Crippen molar-refractivity contribution in [1.29, 1.82) is 0 Å². The molecule has 0 aliphatic carbocycles. The van der Waals surface area contributed by atoms with Gasteiger partial charge in [0.2, 0.25) is 0 Å². The summed E-state index contributed by atoms with van der Waals surface area (Å²) in [6.07, 6.45) is -0.825. The lowest BCUT2D eigenvalue weighted by Gasteiger charge is -2.27. The van der Waals surface area contributed by atoms with Gasteiger partial charge >= 0.3 is 0 Å². The molecular formula is C8H20NO5P. The summed E-state index contributed by atoms with van der Waals surface area (Å²) in [7, 11) is 1.53. The normalized spacial score (nSPS) is 18.5. The average molecular weight is 241 g/mol. The fraction of sp³-hybridized carbons (Fsp3) is 1.00. The molecule has 0 bridgehead atoms. The molecule has 0 spiro atoms. The Morgan fingerprint density at radius 3 is 2.33 bits per heavy atom. The Bertz CT molecular complexity index is 226. The van der Waals surface area contributed by atoms with Gasteiger partial charge in [-0.1, -0.05) is 0 Å². The van der Waals surface area contributed by atoms with Crippen LogP contribution in [-0.4, -0.2) is 56.6 Å². The second-order valence-electron chi connectivity index (χ2n) is 4.44. The minimum Gasteiger partial charge on any atom is -0.756 e. The van der Waals surface area contributed by atoms with E-state index in [1.54, 1.807) is 0 Å². The van der Waals surface area contributed by atoms with Crippen molar-refractivity contribution in [3.63, 3.8) is 0 Å². The summed E-state index contributed by atoms with van der Waals surface area (Å²) in [5, 5.41) is 8.83. The van der Waals surface area contributed by atoms with Crippen molar-refractivity contribution in [2.75, 3.05) is 40.9 Å². The maximum Gasteiger partial charge on any atom is 0.268 e. The van der Waals surface area contributed by atoms with Crippen molar-refractivity contribution in [3.8, 4) is 0 Å². The van der Waals surface area contributed by atoms with Crippen LogP contribution in [-0.2, 0) is 13.6 Å². The molecule has 1 N–H and O–H groups in total. The molecule has 92 valence electrons. The lowest BCUT2D eigenvalue weighted by molar-refractivity contribution is -0.870. The van der Waals surface area contributed by atoms with Crippen molar-refractivity contribution >= 4 is 7.82 Å². The summed E-state index contributed by atoms with van der Waals surface area (Å²) in [4.78, 5) is 11.1. The van der Waals surface area contributed by atoms with Crippen LogP contribution in [0.4, 0.5) is 0 Å². The van der Waals surface area contributed by atoms with Gasteiger partial charge in [-0.2, -0.15) is 0 Å². The number of aliphatic hydroxyl groups excluding tert-OH is 1. The summed E-state index contributed by atoms with van der Waals surface area (Å²) in [5.41, 5.74) is 0. The van der Waals surface area contributed by atoms with Crippen LogP contribution in [0.15, 0.2) is 0 Å². The molecule has 0 aromatic heterocycles. The summed E-state index contributed by atoms with van der Waals surface area (Å²) in [6, 6.07) is 0. The molecule has 7 heteroatoms. The van der Waals surface area contributed by atoms with Crippen molar-refractivity contribution < 1.29 is 28.1 Å². The predicted molar refractivity (Wildman–Crippen MR) is 54.1 cm³/mol. The van der Waals surface area contributed by atoms with Crippen LogP contribution in [0.1, 0.15) is 6.92 Å². The molecule has 0 radical (unpaired) electrons. The van der Waals surface area contributed by atoms with E-state index in [1.165, 1.54) is 6.92 Å². The number of aliphatic hydroxyl groups is 1. The van der Waals surface area contributed by atoms with Crippen molar-refractivity contribution in [2.24, 2.45) is 0 Å². The second kappa shape index (κ2) is 5.94. The topological polar surface area (TPSA) is 78.8 Å². The Kier molecular flexibility index (Phi) is 5.95. The van der Waals surface area contributed by atoms with Gasteiger partial charge in [-0.05, 0) is 6.92 Å². The zero-order valence-electron chi connectivity index (χ0n) is 9.67. The first kappa shape index (κ1) is 15.0. The second-order valence-corrected chi connectivity index (χ2v) is 5.85. The van der Waals surface area contributed by atoms with Gasteiger partial charge in [0.1, 0.15) is 13.2 Å². The molecule has 0 fully saturated rings. The third-order valence-electron chi connectivity index (χ3n) is 1.49. The number of phosphoric ester groups is 1. The van der Waals surface area contributed by atoms with E-state index in [4.69, 9.17) is 5.11 Å². The maximum absolute atomic E-state index is 11.1. The monoisotopic (exact) mass is 241 g/mol. The van der Waals surface area contributed by atoms with Crippen LogP contribution in [0.5, 0.6) is 0 Å². The Labute approximate surface area is 90.6 Å². The Morgan fingerprint density at radius 2 is 1.93 bits per heavy atom. The van der Waals surface area contributed by atoms with E-state index in [-0.39, 0.29) is 13.2 Å². The molecule has 0 aromatic rings. The summed E-state index contributed by atoms with van der Waals surface area (Å²) in [5.74, 6) is 0. The lowest BCUT2D eigenvalue weighted by Crippen LogP contribution is -2.37. The first-order chi connectivity index (χ1) is 6.62. The van der Waals surface area contributed by atoms with E-state index in [0.717, 1.165) is 0 Å². The number of quaternary nitrogens is 1. The highest BCUT2D eigenvalue weighted by Gasteiger charge is 2.13. The van der Waals surface area contributed by atoms with Gasteiger partial charge in [0.15, 0.2) is 0 Å². The number of phosphoric acid groups is 1. The first-order valence-corrected chi connectivity index (χ1v) is 6.17. The highest BCUT2D eigenvalue weighted by molar-refractivity contribution is 7.45. The molecular weight excluding hydrogens is 221 g/mol. The van der Waals surface area contributed by atoms with Crippen molar-refractivity contribution in [1.82, 2.24) is 0 Å². The average Bonchev–Trinajstić information content (AvgIpc) is 1.98. The van der Waals surface area contributed by atoms with Gasteiger partial charge in [0.05, 0.1) is 33.9 Å². The number of hydrogen-bond donors (Lipinski definition) is 1. The molecule has 0 aliphatic heterocycles. The van der Waals surface area contributed by atoms with E-state index < -0.39 is 13.9 Å². The van der Waals surface area contributed by atoms with Crippen LogP contribution < -0.4 is 4.89 Å². The smallest absolute Gasteiger partial charge is 0.268 e. The van der Waals surface area contributed by atoms with Gasteiger partial charge in [0, 0.05) is 0 Å². The first-order valence-electron chi connectivity index (χ1n) is 4.71. The third-order valence-corrected chi connectivity index (χ3v) is 2.45. The number of hydrogen-bond acceptors (Lipinski definition) is 5. The fourth-order valence-electron chi connectivity index (χ4n) is 0.663. The Balaban J connectivity index is 3.79. The molecule has 0 saturated carbocycles. The molecule has 0 aromatic carbocycles. The highest BCUT2D eigenvalue weighted by Crippen LogP contribution is 2.37. The van der Waals surface area contributed by atoms with Gasteiger partial charge in [0.25, 0.3) is 7.82 Å². The standard InChI is InChI=1S/C8H20NO5P/c1-8(10)7-14-15(11,12)13-6-5-9(2,3)4/h8,10H,5-7H2,1-4H3. The van der Waals surface area contributed by atoms with E-state index >= 15 is 0 Å². The minimum atomic E-state index is -4.25. The molecule has 15 heavy (non-hydrogen) atoms. The Morgan fingerprint density at radius 1 is 1.40 bits per heavy atom. The molecule has 0 aliphatic rings. The van der Waals surface area contributed by atoms with Crippen LogP contribution in [0, 0.1) is 0 Å². The number of likely N-dealkylation sites (N-methyl/N-ethyl adjacent to an activating group) is 1. The van der Waals surface area contributed by atoms with Gasteiger partial charge < -0.3 is 23.5 Å². The SMILES string of the molecule is CC(O)COP(=O)([O-])OCC[N+](C)(C)C. The van der Waals surface area contributed by atoms with Crippen molar-refractivity contribution in [2.45, 2.75) is 13.0 Å². The largest absolute Gasteiger partial charge is 0.756 e. The van der Waals surface area contributed by atoms with E-state index in [2.05, 4.69) is 9.05 Å². The third kappa shape index (κ3) is 10.3. The zero-order chi connectivity index (χ0) is 12.1. The maximum atomic E-state index is 11.1.